The summed E-state index contributed by atoms with van der Waals surface area (Å²) in [5.74, 6) is 0.864. The summed E-state index contributed by atoms with van der Waals surface area (Å²) in [6.45, 7) is 8.89. The normalized spacial score (nSPS) is 26.5. The molecule has 0 unspecified atom stereocenters. The highest BCUT2D eigenvalue weighted by atomic mass is 16.5. The van der Waals surface area contributed by atoms with Crippen LogP contribution in [-0.4, -0.2) is 56.9 Å². The molecule has 2 heterocycles. The van der Waals surface area contributed by atoms with E-state index in [0.29, 0.717) is 24.5 Å². The molecule has 2 aliphatic heterocycles. The van der Waals surface area contributed by atoms with Gasteiger partial charge in [-0.3, -0.25) is 9.69 Å². The number of carbonyl (C=O) groups is 1. The lowest BCUT2D eigenvalue weighted by atomic mass is 9.93. The van der Waals surface area contributed by atoms with Crippen molar-refractivity contribution in [2.45, 2.75) is 26.5 Å². The average Bonchev–Trinajstić information content (AvgIpc) is 3.09. The monoisotopic (exact) mass is 332 g/mol. The van der Waals surface area contributed by atoms with E-state index in [1.807, 2.05) is 0 Å². The molecule has 2 aliphatic rings. The minimum absolute atomic E-state index is 0.0498. The van der Waals surface area contributed by atoms with Gasteiger partial charge in [0, 0.05) is 45.1 Å². The molecule has 0 saturated carbocycles. The molecular weight excluding hydrogens is 304 g/mol. The SMILES string of the molecule is COCC(=O)NC[C@@H]1CO[C@H]2CN(Cc3cc(C)ccc3C)C[C@@H]12. The van der Waals surface area contributed by atoms with E-state index in [4.69, 9.17) is 9.47 Å². The first kappa shape index (κ1) is 17.4. The molecule has 1 aromatic rings. The zero-order valence-electron chi connectivity index (χ0n) is 14.9. The highest BCUT2D eigenvalue weighted by Gasteiger charge is 2.43. The number of fused-ring (bicyclic) bond motifs is 1. The van der Waals surface area contributed by atoms with E-state index in [0.717, 1.165) is 26.2 Å². The Kier molecular flexibility index (Phi) is 5.54. The summed E-state index contributed by atoms with van der Waals surface area (Å²) in [7, 11) is 1.54. The van der Waals surface area contributed by atoms with Crippen molar-refractivity contribution >= 4 is 5.91 Å². The zero-order valence-corrected chi connectivity index (χ0v) is 14.9. The van der Waals surface area contributed by atoms with Crippen molar-refractivity contribution < 1.29 is 14.3 Å². The number of benzene rings is 1. The van der Waals surface area contributed by atoms with Crippen LogP contribution in [0, 0.1) is 25.7 Å². The van der Waals surface area contributed by atoms with Crippen LogP contribution < -0.4 is 5.32 Å². The van der Waals surface area contributed by atoms with Crippen molar-refractivity contribution in [3.63, 3.8) is 0 Å². The second-order valence-electron chi connectivity index (χ2n) is 7.16. The first-order valence-corrected chi connectivity index (χ1v) is 8.72. The largest absolute Gasteiger partial charge is 0.376 e. The molecule has 0 radical (unpaired) electrons. The van der Waals surface area contributed by atoms with Gasteiger partial charge in [0.2, 0.25) is 5.91 Å². The minimum Gasteiger partial charge on any atom is -0.376 e. The molecule has 24 heavy (non-hydrogen) atoms. The molecule has 0 aromatic heterocycles. The fourth-order valence-electron chi connectivity index (χ4n) is 3.86. The number of methoxy groups -OCH3 is 1. The molecular formula is C19H28N2O3. The average molecular weight is 332 g/mol. The Morgan fingerprint density at radius 2 is 2.21 bits per heavy atom. The molecule has 5 heteroatoms. The standard InChI is InChI=1S/C19H28N2O3/c1-13-4-5-14(2)15(6-13)8-21-9-17-16(11-24-18(17)10-21)7-20-19(22)12-23-3/h4-6,16-18H,7-12H2,1-3H3,(H,20,22)/t16-,17+,18+/m1/s1. The molecule has 3 rings (SSSR count). The molecule has 3 atom stereocenters. The fraction of sp³-hybridized carbons (Fsp3) is 0.632. The third kappa shape index (κ3) is 3.97. The highest BCUT2D eigenvalue weighted by molar-refractivity contribution is 5.77. The van der Waals surface area contributed by atoms with Gasteiger partial charge in [-0.2, -0.15) is 0 Å². The number of likely N-dealkylation sites (tertiary alicyclic amines) is 1. The van der Waals surface area contributed by atoms with Crippen LogP contribution in [0.25, 0.3) is 0 Å². The maximum absolute atomic E-state index is 11.6. The van der Waals surface area contributed by atoms with Gasteiger partial charge >= 0.3 is 0 Å². The van der Waals surface area contributed by atoms with Gasteiger partial charge in [-0.1, -0.05) is 23.8 Å². The van der Waals surface area contributed by atoms with Gasteiger partial charge in [-0.05, 0) is 25.0 Å². The first-order valence-electron chi connectivity index (χ1n) is 8.72. The van der Waals surface area contributed by atoms with Crippen LogP contribution in [0.2, 0.25) is 0 Å². The third-order valence-electron chi connectivity index (χ3n) is 5.25. The number of hydrogen-bond donors (Lipinski definition) is 1. The van der Waals surface area contributed by atoms with E-state index in [1.54, 1.807) is 0 Å². The van der Waals surface area contributed by atoms with Gasteiger partial charge in [0.1, 0.15) is 6.61 Å². The second kappa shape index (κ2) is 7.64. The van der Waals surface area contributed by atoms with Crippen molar-refractivity contribution in [3.05, 3.63) is 34.9 Å². The molecule has 2 saturated heterocycles. The summed E-state index contributed by atoms with van der Waals surface area (Å²) >= 11 is 0. The first-order chi connectivity index (χ1) is 11.6. The predicted octanol–water partition coefficient (Wildman–Crippen LogP) is 1.51. The van der Waals surface area contributed by atoms with Crippen molar-refractivity contribution in [3.8, 4) is 0 Å². The molecule has 1 aromatic carbocycles. The quantitative estimate of drug-likeness (QED) is 0.858. The molecule has 132 valence electrons. The molecule has 0 aliphatic carbocycles. The fourth-order valence-corrected chi connectivity index (χ4v) is 3.86. The number of amides is 1. The number of aryl methyl sites for hydroxylation is 2. The van der Waals surface area contributed by atoms with Gasteiger partial charge in [-0.15, -0.1) is 0 Å². The third-order valence-corrected chi connectivity index (χ3v) is 5.25. The lowest BCUT2D eigenvalue weighted by molar-refractivity contribution is -0.124. The summed E-state index contributed by atoms with van der Waals surface area (Å²) in [5.41, 5.74) is 4.06. The van der Waals surface area contributed by atoms with Crippen LogP contribution >= 0.6 is 0 Å². The number of nitrogens with zero attached hydrogens (tertiary/aromatic N) is 1. The van der Waals surface area contributed by atoms with Crippen LogP contribution in [0.5, 0.6) is 0 Å². The van der Waals surface area contributed by atoms with E-state index in [1.165, 1.54) is 23.8 Å². The lowest BCUT2D eigenvalue weighted by Gasteiger charge is -2.21. The van der Waals surface area contributed by atoms with Crippen LogP contribution in [-0.2, 0) is 20.8 Å². The van der Waals surface area contributed by atoms with Crippen molar-refractivity contribution in [1.82, 2.24) is 10.2 Å². The van der Waals surface area contributed by atoms with Gasteiger partial charge < -0.3 is 14.8 Å². The highest BCUT2D eigenvalue weighted by Crippen LogP contribution is 2.34. The Morgan fingerprint density at radius 3 is 3.00 bits per heavy atom. The number of ether oxygens (including phenoxy) is 2. The van der Waals surface area contributed by atoms with Crippen molar-refractivity contribution in [2.24, 2.45) is 11.8 Å². The lowest BCUT2D eigenvalue weighted by Crippen LogP contribution is -2.35. The second-order valence-corrected chi connectivity index (χ2v) is 7.16. The maximum atomic E-state index is 11.6. The Labute approximate surface area is 144 Å². The number of carbonyl (C=O) groups excluding carboxylic acids is 1. The van der Waals surface area contributed by atoms with Crippen LogP contribution in [0.4, 0.5) is 0 Å². The molecule has 0 spiro atoms. The molecule has 1 N–H and O–H groups in total. The van der Waals surface area contributed by atoms with Crippen molar-refractivity contribution in [1.29, 1.82) is 0 Å². The zero-order chi connectivity index (χ0) is 17.1. The van der Waals surface area contributed by atoms with Crippen LogP contribution in [0.15, 0.2) is 18.2 Å². The summed E-state index contributed by atoms with van der Waals surface area (Å²) in [4.78, 5) is 14.1. The Bertz CT molecular complexity index is 590. The van der Waals surface area contributed by atoms with E-state index in [2.05, 4.69) is 42.3 Å². The Hall–Kier alpha value is -1.43. The van der Waals surface area contributed by atoms with Crippen molar-refractivity contribution in [2.75, 3.05) is 40.0 Å². The number of hydrogen-bond acceptors (Lipinski definition) is 4. The summed E-state index contributed by atoms with van der Waals surface area (Å²) in [6.07, 6.45) is 0.305. The molecule has 1 amide bonds. The number of nitrogens with one attached hydrogen (secondary N) is 1. The maximum Gasteiger partial charge on any atom is 0.245 e. The van der Waals surface area contributed by atoms with E-state index >= 15 is 0 Å². The summed E-state index contributed by atoms with van der Waals surface area (Å²) in [6, 6.07) is 6.65. The predicted molar refractivity (Wildman–Crippen MR) is 92.8 cm³/mol. The van der Waals surface area contributed by atoms with Gasteiger partial charge in [0.15, 0.2) is 0 Å². The smallest absolute Gasteiger partial charge is 0.245 e. The van der Waals surface area contributed by atoms with E-state index in [-0.39, 0.29) is 12.5 Å². The number of rotatable bonds is 6. The van der Waals surface area contributed by atoms with Crippen LogP contribution in [0.1, 0.15) is 16.7 Å². The molecule has 0 bridgehead atoms. The van der Waals surface area contributed by atoms with Gasteiger partial charge in [0.05, 0.1) is 12.7 Å². The Morgan fingerprint density at radius 1 is 1.38 bits per heavy atom. The Balaban J connectivity index is 1.54. The van der Waals surface area contributed by atoms with E-state index in [9.17, 15) is 4.79 Å². The molecule has 2 fully saturated rings. The summed E-state index contributed by atoms with van der Waals surface area (Å²) in [5, 5.41) is 2.96. The van der Waals surface area contributed by atoms with E-state index < -0.39 is 0 Å². The minimum atomic E-state index is -0.0498. The molecule has 5 nitrogen and oxygen atoms in total. The topological polar surface area (TPSA) is 50.8 Å². The van der Waals surface area contributed by atoms with Gasteiger partial charge in [-0.25, -0.2) is 0 Å². The van der Waals surface area contributed by atoms with Crippen LogP contribution in [0.3, 0.4) is 0 Å². The summed E-state index contributed by atoms with van der Waals surface area (Å²) < 4.78 is 10.8. The van der Waals surface area contributed by atoms with Gasteiger partial charge in [0.25, 0.3) is 0 Å².